The summed E-state index contributed by atoms with van der Waals surface area (Å²) in [5, 5.41) is 0. The van der Waals surface area contributed by atoms with Crippen molar-refractivity contribution in [2.45, 2.75) is 167 Å². The highest BCUT2D eigenvalue weighted by Gasteiger charge is 2.28. The van der Waals surface area contributed by atoms with Crippen molar-refractivity contribution >= 4 is 11.9 Å². The number of hydrogen-bond donors (Lipinski definition) is 0. The fourth-order valence-corrected chi connectivity index (χ4v) is 7.12. The highest BCUT2D eigenvalue weighted by atomic mass is 16.8. The highest BCUT2D eigenvalue weighted by molar-refractivity contribution is 5.89. The van der Waals surface area contributed by atoms with E-state index in [2.05, 4.69) is 38.6 Å². The van der Waals surface area contributed by atoms with Gasteiger partial charge in [0.2, 0.25) is 6.29 Å². The maximum atomic E-state index is 13.2. The van der Waals surface area contributed by atoms with Gasteiger partial charge in [0, 0.05) is 19.1 Å². The Balaban J connectivity index is 1.26. The normalized spacial score (nSPS) is 20.0. The topological polar surface area (TPSA) is 89.5 Å². The maximum absolute atomic E-state index is 13.2. The van der Waals surface area contributed by atoms with E-state index in [0.717, 1.165) is 108 Å². The standard InChI is InChI=1S/C44H64O8/c1-4-7-9-10-12-18-36(19-17-33-47-41(45)6-3)49-37-30-26-35(27-31-37)44(46)50-38-28-24-34(25-29-38)39-20-13-14-21-40(39)51-43(23-11-8-5-2)52-42-22-15-16-32-48-42/h6,13-14,20-21,26-27,30-31,34,36,38,42-43H,3-5,7-12,15-19,22-25,28-29,32-33H2,1-2H3/t34-,36?,38-,42?,43?. The molecule has 1 aliphatic carbocycles. The van der Waals surface area contributed by atoms with Crippen molar-refractivity contribution in [1.29, 1.82) is 0 Å². The van der Waals surface area contributed by atoms with Crippen molar-refractivity contribution in [2.75, 3.05) is 13.2 Å². The summed E-state index contributed by atoms with van der Waals surface area (Å²) in [7, 11) is 0. The molecule has 2 aliphatic rings. The average molecular weight is 721 g/mol. The summed E-state index contributed by atoms with van der Waals surface area (Å²) in [4.78, 5) is 24.6. The molecule has 0 bridgehead atoms. The first-order valence-electron chi connectivity index (χ1n) is 20.3. The summed E-state index contributed by atoms with van der Waals surface area (Å²) in [6, 6.07) is 15.6. The fourth-order valence-electron chi connectivity index (χ4n) is 7.12. The molecule has 4 rings (SSSR count). The molecule has 0 radical (unpaired) electrons. The van der Waals surface area contributed by atoms with Crippen LogP contribution in [0.5, 0.6) is 11.5 Å². The predicted molar refractivity (Wildman–Crippen MR) is 205 cm³/mol. The molecule has 1 saturated carbocycles. The number of hydrogen-bond acceptors (Lipinski definition) is 8. The minimum Gasteiger partial charge on any atom is -0.490 e. The van der Waals surface area contributed by atoms with Gasteiger partial charge in [-0.3, -0.25) is 0 Å². The molecule has 288 valence electrons. The van der Waals surface area contributed by atoms with E-state index in [1.165, 1.54) is 37.3 Å². The van der Waals surface area contributed by atoms with E-state index < -0.39 is 5.97 Å². The lowest BCUT2D eigenvalue weighted by atomic mass is 9.82. The van der Waals surface area contributed by atoms with Gasteiger partial charge in [0.05, 0.1) is 18.3 Å². The first-order valence-corrected chi connectivity index (χ1v) is 20.3. The Labute approximate surface area is 312 Å². The van der Waals surface area contributed by atoms with E-state index >= 15 is 0 Å². The van der Waals surface area contributed by atoms with Gasteiger partial charge in [-0.2, -0.15) is 0 Å². The van der Waals surface area contributed by atoms with E-state index in [0.29, 0.717) is 24.5 Å². The van der Waals surface area contributed by atoms with Crippen LogP contribution in [-0.4, -0.2) is 49.9 Å². The van der Waals surface area contributed by atoms with Gasteiger partial charge < -0.3 is 28.4 Å². The van der Waals surface area contributed by atoms with Crippen molar-refractivity contribution in [3.8, 4) is 11.5 Å². The summed E-state index contributed by atoms with van der Waals surface area (Å²) in [5.74, 6) is 1.24. The van der Waals surface area contributed by atoms with Gasteiger partial charge >= 0.3 is 11.9 Å². The van der Waals surface area contributed by atoms with Gasteiger partial charge in [0.25, 0.3) is 0 Å². The molecule has 52 heavy (non-hydrogen) atoms. The van der Waals surface area contributed by atoms with Crippen LogP contribution in [0.2, 0.25) is 0 Å². The summed E-state index contributed by atoms with van der Waals surface area (Å²) < 4.78 is 36.3. The lowest BCUT2D eigenvalue weighted by Gasteiger charge is -2.31. The van der Waals surface area contributed by atoms with Gasteiger partial charge in [0.1, 0.15) is 17.6 Å². The molecule has 0 amide bonds. The van der Waals surface area contributed by atoms with Crippen LogP contribution in [0.1, 0.15) is 158 Å². The fraction of sp³-hybridized carbons (Fsp3) is 0.636. The van der Waals surface area contributed by atoms with Crippen LogP contribution in [0, 0.1) is 0 Å². The molecule has 2 aromatic rings. The Hall–Kier alpha value is -3.36. The van der Waals surface area contributed by atoms with Crippen LogP contribution in [0.25, 0.3) is 0 Å². The Bertz CT molecular complexity index is 1300. The molecule has 0 aromatic heterocycles. The van der Waals surface area contributed by atoms with E-state index in [9.17, 15) is 9.59 Å². The van der Waals surface area contributed by atoms with E-state index in [1.54, 1.807) is 12.1 Å². The minimum absolute atomic E-state index is 0.0120. The smallest absolute Gasteiger partial charge is 0.338 e. The molecule has 2 aromatic carbocycles. The molecule has 0 spiro atoms. The SMILES string of the molecule is C=CC(=O)OCCCC(CCCCCCC)Oc1ccc(C(=O)O[C@H]2CC[C@H](c3ccccc3OC(CCCCC)OC3CCCCO3)CC2)cc1. The van der Waals surface area contributed by atoms with Crippen LogP contribution < -0.4 is 9.47 Å². The van der Waals surface area contributed by atoms with Crippen molar-refractivity contribution < 1.29 is 38.0 Å². The van der Waals surface area contributed by atoms with Gasteiger partial charge in [-0.1, -0.05) is 77.2 Å². The average Bonchev–Trinajstić information content (AvgIpc) is 3.17. The first-order chi connectivity index (χ1) is 25.5. The lowest BCUT2D eigenvalue weighted by molar-refractivity contribution is -0.233. The zero-order valence-corrected chi connectivity index (χ0v) is 31.9. The Morgan fingerprint density at radius 1 is 0.808 bits per heavy atom. The number of unbranched alkanes of at least 4 members (excludes halogenated alkanes) is 6. The van der Waals surface area contributed by atoms with Crippen molar-refractivity contribution in [3.05, 3.63) is 72.3 Å². The molecule has 8 heteroatoms. The van der Waals surface area contributed by atoms with E-state index in [-0.39, 0.29) is 30.8 Å². The third-order valence-electron chi connectivity index (χ3n) is 10.2. The monoisotopic (exact) mass is 720 g/mol. The largest absolute Gasteiger partial charge is 0.490 e. The van der Waals surface area contributed by atoms with Crippen molar-refractivity contribution in [2.24, 2.45) is 0 Å². The van der Waals surface area contributed by atoms with Crippen LogP contribution >= 0.6 is 0 Å². The first kappa shape index (κ1) is 41.4. The van der Waals surface area contributed by atoms with Crippen molar-refractivity contribution in [1.82, 2.24) is 0 Å². The molecule has 8 nitrogen and oxygen atoms in total. The number of ether oxygens (including phenoxy) is 6. The van der Waals surface area contributed by atoms with Gasteiger partial charge in [0.15, 0.2) is 6.29 Å². The maximum Gasteiger partial charge on any atom is 0.338 e. The van der Waals surface area contributed by atoms with Gasteiger partial charge in [-0.15, -0.1) is 0 Å². The number of esters is 2. The predicted octanol–water partition coefficient (Wildman–Crippen LogP) is 11.0. The molecule has 3 unspecified atom stereocenters. The quantitative estimate of drug-likeness (QED) is 0.0458. The van der Waals surface area contributed by atoms with Crippen molar-refractivity contribution in [3.63, 3.8) is 0 Å². The summed E-state index contributed by atoms with van der Waals surface area (Å²) in [6.07, 6.45) is 19.7. The second-order valence-electron chi connectivity index (χ2n) is 14.4. The number of benzene rings is 2. The number of carbonyl (C=O) groups excluding carboxylic acids is 2. The lowest BCUT2D eigenvalue weighted by Crippen LogP contribution is -2.31. The second-order valence-corrected chi connectivity index (χ2v) is 14.4. The Kier molecular flexibility index (Phi) is 19.1. The molecule has 2 fully saturated rings. The molecule has 0 N–H and O–H groups in total. The summed E-state index contributed by atoms with van der Waals surface area (Å²) >= 11 is 0. The molecular formula is C44H64O8. The van der Waals surface area contributed by atoms with Gasteiger partial charge in [-0.05, 0) is 119 Å². The third kappa shape index (κ3) is 14.9. The number of rotatable bonds is 24. The Morgan fingerprint density at radius 2 is 1.52 bits per heavy atom. The summed E-state index contributed by atoms with van der Waals surface area (Å²) in [5.41, 5.74) is 1.73. The molecule has 1 saturated heterocycles. The van der Waals surface area contributed by atoms with Crippen LogP contribution in [0.15, 0.2) is 61.2 Å². The zero-order chi connectivity index (χ0) is 36.8. The minimum atomic E-state index is -0.402. The third-order valence-corrected chi connectivity index (χ3v) is 10.2. The van der Waals surface area contributed by atoms with Crippen LogP contribution in [-0.2, 0) is 23.7 Å². The molecule has 1 heterocycles. The molecular weight excluding hydrogens is 656 g/mol. The van der Waals surface area contributed by atoms with Crippen LogP contribution in [0.4, 0.5) is 0 Å². The van der Waals surface area contributed by atoms with Gasteiger partial charge in [-0.25, -0.2) is 9.59 Å². The van der Waals surface area contributed by atoms with Crippen LogP contribution in [0.3, 0.4) is 0 Å². The van der Waals surface area contributed by atoms with E-state index in [4.69, 9.17) is 28.4 Å². The second kappa shape index (κ2) is 24.1. The Morgan fingerprint density at radius 3 is 2.25 bits per heavy atom. The number of carbonyl (C=O) groups is 2. The molecule has 1 aliphatic heterocycles. The highest BCUT2D eigenvalue weighted by Crippen LogP contribution is 2.39. The number of para-hydroxylation sites is 1. The van der Waals surface area contributed by atoms with E-state index in [1.807, 2.05) is 18.2 Å². The summed E-state index contributed by atoms with van der Waals surface area (Å²) in [6.45, 7) is 8.97. The molecule has 3 atom stereocenters. The zero-order valence-electron chi connectivity index (χ0n) is 31.9.